The van der Waals surface area contributed by atoms with E-state index in [2.05, 4.69) is 40.1 Å². The number of hydrogen-bond donors (Lipinski definition) is 1. The first-order valence-corrected chi connectivity index (χ1v) is 6.83. The highest BCUT2D eigenvalue weighted by molar-refractivity contribution is 8.21. The zero-order chi connectivity index (χ0) is 13.8. The lowest BCUT2D eigenvalue weighted by molar-refractivity contribution is 1.31. The second-order valence-corrected chi connectivity index (χ2v) is 5.44. The summed E-state index contributed by atoms with van der Waals surface area (Å²) < 4.78 is 0. The Morgan fingerprint density at radius 3 is 2.79 bits per heavy atom. The third-order valence-electron chi connectivity index (χ3n) is 2.89. The Hall–Kier alpha value is -1.81. The standard InChI is InChI=1S/C15H17N3S/c1-10(19-11(2)16-3)12-5-6-13-9-18-15(17-4)8-14(13)7-12/h5-9H,1H2,2-4H3,(H,17,18)/b16-11-. The van der Waals surface area contributed by atoms with Gasteiger partial charge in [0.25, 0.3) is 0 Å². The number of anilines is 1. The highest BCUT2D eigenvalue weighted by atomic mass is 32.2. The molecule has 0 saturated heterocycles. The summed E-state index contributed by atoms with van der Waals surface area (Å²) in [4.78, 5) is 9.45. The maximum absolute atomic E-state index is 4.30. The number of thioether (sulfide) groups is 1. The summed E-state index contributed by atoms with van der Waals surface area (Å²) in [7, 11) is 3.66. The van der Waals surface area contributed by atoms with Crippen molar-refractivity contribution in [3.05, 3.63) is 42.6 Å². The maximum atomic E-state index is 4.30. The minimum absolute atomic E-state index is 0.870. The Balaban J connectivity index is 2.37. The van der Waals surface area contributed by atoms with E-state index in [-0.39, 0.29) is 0 Å². The van der Waals surface area contributed by atoms with Crippen LogP contribution in [0.25, 0.3) is 15.7 Å². The van der Waals surface area contributed by atoms with E-state index in [1.165, 1.54) is 0 Å². The molecule has 0 aliphatic rings. The topological polar surface area (TPSA) is 37.3 Å². The van der Waals surface area contributed by atoms with Crippen LogP contribution in [0.5, 0.6) is 0 Å². The molecule has 19 heavy (non-hydrogen) atoms. The van der Waals surface area contributed by atoms with Crippen LogP contribution in [0.1, 0.15) is 12.5 Å². The summed E-state index contributed by atoms with van der Waals surface area (Å²) in [5.41, 5.74) is 1.12. The van der Waals surface area contributed by atoms with E-state index >= 15 is 0 Å². The van der Waals surface area contributed by atoms with Crippen LogP contribution in [-0.4, -0.2) is 24.1 Å². The largest absolute Gasteiger partial charge is 0.373 e. The number of hydrogen-bond acceptors (Lipinski definition) is 4. The van der Waals surface area contributed by atoms with Crippen LogP contribution in [0.15, 0.2) is 42.0 Å². The normalized spacial score (nSPS) is 11.6. The molecule has 1 aromatic carbocycles. The van der Waals surface area contributed by atoms with Crippen molar-refractivity contribution < 1.29 is 0 Å². The fourth-order valence-electron chi connectivity index (χ4n) is 1.73. The molecule has 0 bridgehead atoms. The van der Waals surface area contributed by atoms with Gasteiger partial charge in [0, 0.05) is 30.6 Å². The predicted molar refractivity (Wildman–Crippen MR) is 86.9 cm³/mol. The van der Waals surface area contributed by atoms with Crippen molar-refractivity contribution in [2.24, 2.45) is 4.99 Å². The number of aromatic nitrogens is 1. The first-order chi connectivity index (χ1) is 9.13. The van der Waals surface area contributed by atoms with Crippen LogP contribution in [0, 0.1) is 0 Å². The van der Waals surface area contributed by atoms with Crippen LogP contribution in [0.4, 0.5) is 5.82 Å². The van der Waals surface area contributed by atoms with Gasteiger partial charge in [-0.1, -0.05) is 30.5 Å². The molecular formula is C15H17N3S. The Bertz CT molecular complexity index is 647. The molecule has 0 fully saturated rings. The molecule has 0 unspecified atom stereocenters. The summed E-state index contributed by atoms with van der Waals surface area (Å²) in [6.07, 6.45) is 1.87. The molecule has 0 aliphatic carbocycles. The molecule has 0 saturated carbocycles. The lowest BCUT2D eigenvalue weighted by Gasteiger charge is -2.07. The van der Waals surface area contributed by atoms with Crippen molar-refractivity contribution in [1.82, 2.24) is 4.98 Å². The van der Waals surface area contributed by atoms with Crippen LogP contribution in [0.3, 0.4) is 0 Å². The first kappa shape index (κ1) is 13.6. The van der Waals surface area contributed by atoms with Gasteiger partial charge in [-0.05, 0) is 30.0 Å². The van der Waals surface area contributed by atoms with Gasteiger partial charge in [0.05, 0.1) is 5.04 Å². The highest BCUT2D eigenvalue weighted by Crippen LogP contribution is 2.29. The van der Waals surface area contributed by atoms with E-state index in [1.807, 2.05) is 26.2 Å². The van der Waals surface area contributed by atoms with Gasteiger partial charge >= 0.3 is 0 Å². The van der Waals surface area contributed by atoms with Crippen LogP contribution in [0.2, 0.25) is 0 Å². The summed E-state index contributed by atoms with van der Waals surface area (Å²) in [5, 5.41) is 6.34. The summed E-state index contributed by atoms with van der Waals surface area (Å²) in [6.45, 7) is 6.10. The third kappa shape index (κ3) is 3.15. The molecule has 0 amide bonds. The van der Waals surface area contributed by atoms with E-state index in [0.717, 1.165) is 32.1 Å². The average Bonchev–Trinajstić information content (AvgIpc) is 2.45. The average molecular weight is 271 g/mol. The van der Waals surface area contributed by atoms with Gasteiger partial charge in [0.2, 0.25) is 0 Å². The molecule has 0 atom stereocenters. The Labute approximate surface area is 117 Å². The number of nitrogens with one attached hydrogen (secondary N) is 1. The SMILES string of the molecule is C=C(S/C(C)=N\C)c1ccc2cnc(NC)cc2c1. The van der Waals surface area contributed by atoms with Gasteiger partial charge in [-0.3, -0.25) is 4.99 Å². The van der Waals surface area contributed by atoms with Gasteiger partial charge in [0.15, 0.2) is 0 Å². The zero-order valence-corrected chi connectivity index (χ0v) is 12.2. The molecule has 1 heterocycles. The van der Waals surface area contributed by atoms with E-state index in [9.17, 15) is 0 Å². The van der Waals surface area contributed by atoms with E-state index in [4.69, 9.17) is 0 Å². The van der Waals surface area contributed by atoms with Gasteiger partial charge in [-0.2, -0.15) is 0 Å². The van der Waals surface area contributed by atoms with Crippen molar-refractivity contribution in [3.8, 4) is 0 Å². The van der Waals surface area contributed by atoms with Gasteiger partial charge < -0.3 is 5.32 Å². The van der Waals surface area contributed by atoms with Gasteiger partial charge in [0.1, 0.15) is 5.82 Å². The minimum Gasteiger partial charge on any atom is -0.373 e. The molecular weight excluding hydrogens is 254 g/mol. The second-order valence-electron chi connectivity index (χ2n) is 4.15. The molecule has 2 aromatic rings. The van der Waals surface area contributed by atoms with E-state index < -0.39 is 0 Å². The lowest BCUT2D eigenvalue weighted by atomic mass is 10.1. The molecule has 1 aromatic heterocycles. The maximum Gasteiger partial charge on any atom is 0.126 e. The van der Waals surface area contributed by atoms with Gasteiger partial charge in [-0.25, -0.2) is 4.98 Å². The monoisotopic (exact) mass is 271 g/mol. The molecule has 3 nitrogen and oxygen atoms in total. The van der Waals surface area contributed by atoms with Crippen molar-refractivity contribution in [2.45, 2.75) is 6.92 Å². The Morgan fingerprint density at radius 2 is 2.11 bits per heavy atom. The summed E-state index contributed by atoms with van der Waals surface area (Å²) in [5.74, 6) is 0.870. The smallest absolute Gasteiger partial charge is 0.126 e. The number of nitrogens with zero attached hydrogens (tertiary/aromatic N) is 2. The van der Waals surface area contributed by atoms with Crippen LogP contribution >= 0.6 is 11.8 Å². The number of aliphatic imine (C=N–C) groups is 1. The number of pyridine rings is 1. The molecule has 2 rings (SSSR count). The predicted octanol–water partition coefficient (Wildman–Crippen LogP) is 4.03. The lowest BCUT2D eigenvalue weighted by Crippen LogP contribution is -1.91. The van der Waals surface area contributed by atoms with E-state index in [1.54, 1.807) is 18.8 Å². The summed E-state index contributed by atoms with van der Waals surface area (Å²) in [6, 6.07) is 8.32. The number of benzene rings is 1. The van der Waals surface area contributed by atoms with Crippen molar-refractivity contribution >= 4 is 38.3 Å². The van der Waals surface area contributed by atoms with Gasteiger partial charge in [-0.15, -0.1) is 0 Å². The van der Waals surface area contributed by atoms with Crippen LogP contribution in [-0.2, 0) is 0 Å². The van der Waals surface area contributed by atoms with Crippen molar-refractivity contribution in [2.75, 3.05) is 19.4 Å². The molecule has 0 radical (unpaired) electrons. The summed E-state index contributed by atoms with van der Waals surface area (Å²) >= 11 is 1.60. The molecule has 4 heteroatoms. The van der Waals surface area contributed by atoms with Crippen LogP contribution < -0.4 is 5.32 Å². The quantitative estimate of drug-likeness (QED) is 0.676. The third-order valence-corrected chi connectivity index (χ3v) is 3.85. The highest BCUT2D eigenvalue weighted by Gasteiger charge is 2.04. The first-order valence-electron chi connectivity index (χ1n) is 6.02. The molecule has 0 spiro atoms. The van der Waals surface area contributed by atoms with E-state index in [0.29, 0.717) is 0 Å². The number of rotatable bonds is 3. The van der Waals surface area contributed by atoms with Crippen molar-refractivity contribution in [1.29, 1.82) is 0 Å². The Morgan fingerprint density at radius 1 is 1.32 bits per heavy atom. The second kappa shape index (κ2) is 5.89. The zero-order valence-electron chi connectivity index (χ0n) is 11.4. The fourth-order valence-corrected chi connectivity index (χ4v) is 2.43. The minimum atomic E-state index is 0.870. The molecule has 0 aliphatic heterocycles. The fraction of sp³-hybridized carbons (Fsp3) is 0.200. The van der Waals surface area contributed by atoms with Crippen molar-refractivity contribution in [3.63, 3.8) is 0 Å². The number of fused-ring (bicyclic) bond motifs is 1. The Kier molecular flexibility index (Phi) is 4.22. The molecule has 98 valence electrons. The molecule has 1 N–H and O–H groups in total.